The second-order valence-corrected chi connectivity index (χ2v) is 13.8. The van der Waals surface area contributed by atoms with Crippen LogP contribution in [0.1, 0.15) is 55.5 Å². The first-order valence-electron chi connectivity index (χ1n) is 14.6. The fourth-order valence-corrected chi connectivity index (χ4v) is 9.27. The zero-order chi connectivity index (χ0) is 30.8. The maximum absolute atomic E-state index is 17.4. The number of benzene rings is 2. The standard InChI is InChI=1S/C34H34F2O6S/c1-31-14-12-22(37)16-26(31)27(35)17-25-24-13-15-33(30(40)41,32(24,2)18-28(38)34(25,31)36)42-29(39)21-10-8-20(9-11-21)19-43-23-6-4-3-5-7-23/h3-12,14,16,24-25,27-28,38H,13,15,17-19H2,1-2H3,(H,40,41)/t24-,25-,27-,28-,31-,32-,33+,34?/m0/s1. The van der Waals surface area contributed by atoms with E-state index in [1.807, 2.05) is 30.3 Å². The molecule has 3 fully saturated rings. The number of esters is 1. The number of fused-ring (bicyclic) bond motifs is 5. The molecular formula is C34H34F2O6S. The highest BCUT2D eigenvalue weighted by Crippen LogP contribution is 2.70. The van der Waals surface area contributed by atoms with Gasteiger partial charge >= 0.3 is 11.9 Å². The van der Waals surface area contributed by atoms with Crippen molar-refractivity contribution in [3.8, 4) is 0 Å². The topological polar surface area (TPSA) is 101 Å². The number of carbonyl (C=O) groups is 3. The number of rotatable bonds is 6. The van der Waals surface area contributed by atoms with Crippen molar-refractivity contribution in [2.24, 2.45) is 22.7 Å². The Morgan fingerprint density at radius 2 is 1.77 bits per heavy atom. The van der Waals surface area contributed by atoms with Crippen molar-refractivity contribution in [1.82, 2.24) is 0 Å². The number of ether oxygens (including phenoxy) is 1. The first kappa shape index (κ1) is 29.8. The van der Waals surface area contributed by atoms with Crippen molar-refractivity contribution in [2.75, 3.05) is 0 Å². The third-order valence-electron chi connectivity index (χ3n) is 10.7. The molecule has 226 valence electrons. The highest BCUT2D eigenvalue weighted by atomic mass is 32.2. The summed E-state index contributed by atoms with van der Waals surface area (Å²) in [5.74, 6) is -3.70. The van der Waals surface area contributed by atoms with Crippen LogP contribution in [0.4, 0.5) is 8.78 Å². The molecule has 4 aliphatic rings. The highest BCUT2D eigenvalue weighted by molar-refractivity contribution is 7.98. The average molecular weight is 609 g/mol. The summed E-state index contributed by atoms with van der Waals surface area (Å²) in [7, 11) is 0. The van der Waals surface area contributed by atoms with E-state index in [-0.39, 0.29) is 36.8 Å². The number of aliphatic hydroxyl groups excluding tert-OH is 1. The molecule has 0 heterocycles. The van der Waals surface area contributed by atoms with Crippen LogP contribution in [0.25, 0.3) is 0 Å². The Morgan fingerprint density at radius 3 is 2.44 bits per heavy atom. The summed E-state index contributed by atoms with van der Waals surface area (Å²) in [6.07, 6.45) is -0.181. The van der Waals surface area contributed by atoms with E-state index in [1.165, 1.54) is 19.1 Å². The Labute approximate surface area is 253 Å². The van der Waals surface area contributed by atoms with Gasteiger partial charge in [0.15, 0.2) is 11.5 Å². The SMILES string of the molecule is C[C@]12C=CC(=O)C=C1[C@@H](F)C[C@H]1[C@@H]3CC[C@@](OC(=O)c4ccc(CSc5ccccc5)cc4)(C(=O)O)[C@@]3(C)C[C@H](O)C12F. The lowest BCUT2D eigenvalue weighted by atomic mass is 9.44. The van der Waals surface area contributed by atoms with Gasteiger partial charge in [0.25, 0.3) is 0 Å². The molecule has 0 spiro atoms. The number of carbonyl (C=O) groups excluding carboxylic acids is 2. The highest BCUT2D eigenvalue weighted by Gasteiger charge is 2.77. The molecular weight excluding hydrogens is 574 g/mol. The van der Waals surface area contributed by atoms with Crippen LogP contribution >= 0.6 is 11.8 Å². The number of carboxylic acid groups (broad SMARTS) is 1. The van der Waals surface area contributed by atoms with E-state index in [0.717, 1.165) is 16.5 Å². The lowest BCUT2D eigenvalue weighted by Gasteiger charge is -2.62. The number of carboxylic acids is 1. The summed E-state index contributed by atoms with van der Waals surface area (Å²) in [5, 5.41) is 22.0. The maximum Gasteiger partial charge on any atom is 0.348 e. The van der Waals surface area contributed by atoms with Crippen molar-refractivity contribution < 1.29 is 38.1 Å². The van der Waals surface area contributed by atoms with Gasteiger partial charge in [0, 0.05) is 27.4 Å². The van der Waals surface area contributed by atoms with Gasteiger partial charge in [-0.15, -0.1) is 11.8 Å². The molecule has 2 N–H and O–H groups in total. The molecule has 6 nitrogen and oxygen atoms in total. The first-order valence-corrected chi connectivity index (χ1v) is 15.5. The quantitative estimate of drug-likeness (QED) is 0.294. The van der Waals surface area contributed by atoms with E-state index in [2.05, 4.69) is 0 Å². The zero-order valence-corrected chi connectivity index (χ0v) is 24.8. The summed E-state index contributed by atoms with van der Waals surface area (Å²) in [6.45, 7) is 3.10. The normalized spacial score (nSPS) is 38.0. The molecule has 0 aromatic heterocycles. The van der Waals surface area contributed by atoms with Gasteiger partial charge < -0.3 is 14.9 Å². The molecule has 4 aliphatic carbocycles. The molecule has 0 radical (unpaired) electrons. The van der Waals surface area contributed by atoms with Gasteiger partial charge in [-0.2, -0.15) is 0 Å². The Hall–Kier alpha value is -3.30. The van der Waals surface area contributed by atoms with E-state index in [9.17, 15) is 24.6 Å². The molecule has 43 heavy (non-hydrogen) atoms. The van der Waals surface area contributed by atoms with E-state index < -0.39 is 63.9 Å². The smallest absolute Gasteiger partial charge is 0.348 e. The molecule has 8 atom stereocenters. The largest absolute Gasteiger partial charge is 0.478 e. The van der Waals surface area contributed by atoms with Gasteiger partial charge in [0.1, 0.15) is 6.17 Å². The number of ketones is 1. The van der Waals surface area contributed by atoms with Crippen molar-refractivity contribution in [3.63, 3.8) is 0 Å². The second-order valence-electron chi connectivity index (χ2n) is 12.7. The van der Waals surface area contributed by atoms with Crippen LogP contribution in [0.15, 0.2) is 83.3 Å². The van der Waals surface area contributed by atoms with Crippen molar-refractivity contribution in [3.05, 3.63) is 89.5 Å². The number of thioether (sulfide) groups is 1. The van der Waals surface area contributed by atoms with Gasteiger partial charge in [-0.25, -0.2) is 18.4 Å². The number of hydrogen-bond donors (Lipinski definition) is 2. The third kappa shape index (κ3) is 4.33. The van der Waals surface area contributed by atoms with E-state index in [0.29, 0.717) is 5.75 Å². The lowest BCUT2D eigenvalue weighted by molar-refractivity contribution is -0.226. The minimum absolute atomic E-state index is 0.000871. The molecule has 2 aromatic carbocycles. The summed E-state index contributed by atoms with van der Waals surface area (Å²) in [6, 6.07) is 16.7. The summed E-state index contributed by atoms with van der Waals surface area (Å²) in [5.41, 5.74) is -6.17. The average Bonchev–Trinajstić information content (AvgIpc) is 3.27. The number of allylic oxidation sites excluding steroid dienone is 4. The van der Waals surface area contributed by atoms with Gasteiger partial charge in [0.05, 0.1) is 11.7 Å². The first-order chi connectivity index (χ1) is 20.4. The fourth-order valence-electron chi connectivity index (χ4n) is 8.39. The number of hydrogen-bond acceptors (Lipinski definition) is 6. The van der Waals surface area contributed by atoms with Crippen LogP contribution < -0.4 is 0 Å². The van der Waals surface area contributed by atoms with Crippen LogP contribution in [0.5, 0.6) is 0 Å². The van der Waals surface area contributed by atoms with Crippen molar-refractivity contribution in [2.45, 2.75) is 73.7 Å². The maximum atomic E-state index is 17.4. The monoisotopic (exact) mass is 608 g/mol. The molecule has 9 heteroatoms. The summed E-state index contributed by atoms with van der Waals surface area (Å²) in [4.78, 5) is 39.6. The number of aliphatic carboxylic acids is 1. The Balaban J connectivity index is 1.27. The van der Waals surface area contributed by atoms with Crippen molar-refractivity contribution in [1.29, 1.82) is 0 Å². The lowest BCUT2D eigenvalue weighted by Crippen LogP contribution is -2.70. The number of alkyl halides is 2. The Bertz CT molecular complexity index is 1530. The Kier molecular flexibility index (Phi) is 7.20. The Morgan fingerprint density at radius 1 is 1.07 bits per heavy atom. The minimum atomic E-state index is -2.34. The number of aliphatic hydroxyl groups is 1. The molecule has 2 aromatic rings. The molecule has 0 bridgehead atoms. The molecule has 6 rings (SSSR count). The van der Waals surface area contributed by atoms with Gasteiger partial charge in [-0.05, 0) is 86.1 Å². The molecule has 3 saturated carbocycles. The van der Waals surface area contributed by atoms with Crippen LogP contribution in [-0.2, 0) is 20.1 Å². The van der Waals surface area contributed by atoms with Gasteiger partial charge in [-0.1, -0.05) is 43.3 Å². The predicted octanol–water partition coefficient (Wildman–Crippen LogP) is 6.28. The summed E-state index contributed by atoms with van der Waals surface area (Å²) >= 11 is 1.65. The van der Waals surface area contributed by atoms with E-state index >= 15 is 8.78 Å². The number of halogens is 2. The zero-order valence-electron chi connectivity index (χ0n) is 24.0. The fraction of sp³-hybridized carbons (Fsp3) is 0.441. The van der Waals surface area contributed by atoms with Crippen LogP contribution in [0.2, 0.25) is 0 Å². The van der Waals surface area contributed by atoms with Gasteiger partial charge in [-0.3, -0.25) is 4.79 Å². The van der Waals surface area contributed by atoms with Crippen LogP contribution in [-0.4, -0.2) is 51.5 Å². The predicted molar refractivity (Wildman–Crippen MR) is 157 cm³/mol. The van der Waals surface area contributed by atoms with Crippen LogP contribution in [0.3, 0.4) is 0 Å². The molecule has 0 aliphatic heterocycles. The second kappa shape index (κ2) is 10.4. The van der Waals surface area contributed by atoms with Crippen LogP contribution in [0, 0.1) is 22.7 Å². The summed E-state index contributed by atoms with van der Waals surface area (Å²) < 4.78 is 38.9. The minimum Gasteiger partial charge on any atom is -0.478 e. The molecule has 0 amide bonds. The third-order valence-corrected chi connectivity index (χ3v) is 11.8. The van der Waals surface area contributed by atoms with E-state index in [4.69, 9.17) is 4.74 Å². The van der Waals surface area contributed by atoms with Gasteiger partial charge in [0.2, 0.25) is 5.60 Å². The molecule has 0 saturated heterocycles. The molecule has 1 unspecified atom stereocenters. The van der Waals surface area contributed by atoms with E-state index in [1.54, 1.807) is 43.0 Å². The van der Waals surface area contributed by atoms with Crippen molar-refractivity contribution >= 4 is 29.5 Å².